The SMILES string of the molecule is CCc1nc2ccccc2n1C(C)C(=O)NC(C)CC. The molecule has 0 saturated carbocycles. The van der Waals surface area contributed by atoms with E-state index in [2.05, 4.69) is 24.1 Å². The molecule has 1 aromatic heterocycles. The van der Waals surface area contributed by atoms with Crippen LogP contribution < -0.4 is 5.32 Å². The van der Waals surface area contributed by atoms with Crippen LogP contribution in [0.15, 0.2) is 24.3 Å². The summed E-state index contributed by atoms with van der Waals surface area (Å²) in [7, 11) is 0. The number of nitrogens with zero attached hydrogens (tertiary/aromatic N) is 2. The molecule has 2 aromatic rings. The molecule has 2 unspecified atom stereocenters. The topological polar surface area (TPSA) is 46.9 Å². The molecular formula is C16H23N3O. The number of benzene rings is 1. The fraction of sp³-hybridized carbons (Fsp3) is 0.500. The smallest absolute Gasteiger partial charge is 0.243 e. The largest absolute Gasteiger partial charge is 0.352 e. The highest BCUT2D eigenvalue weighted by Gasteiger charge is 2.21. The lowest BCUT2D eigenvalue weighted by molar-refractivity contribution is -0.124. The van der Waals surface area contributed by atoms with Crippen molar-refractivity contribution in [1.29, 1.82) is 0 Å². The normalized spacial score (nSPS) is 14.2. The zero-order valence-electron chi connectivity index (χ0n) is 12.7. The summed E-state index contributed by atoms with van der Waals surface area (Å²) in [4.78, 5) is 17.0. The van der Waals surface area contributed by atoms with Gasteiger partial charge in [-0.25, -0.2) is 4.98 Å². The van der Waals surface area contributed by atoms with Crippen molar-refractivity contribution in [3.05, 3.63) is 30.1 Å². The zero-order chi connectivity index (χ0) is 14.7. The minimum atomic E-state index is -0.244. The van der Waals surface area contributed by atoms with Crippen molar-refractivity contribution in [2.75, 3.05) is 0 Å². The van der Waals surface area contributed by atoms with E-state index >= 15 is 0 Å². The summed E-state index contributed by atoms with van der Waals surface area (Å²) in [5, 5.41) is 3.05. The van der Waals surface area contributed by atoms with E-state index in [9.17, 15) is 4.79 Å². The third kappa shape index (κ3) is 2.69. The lowest BCUT2D eigenvalue weighted by Gasteiger charge is -2.19. The van der Waals surface area contributed by atoms with Gasteiger partial charge in [0.1, 0.15) is 11.9 Å². The Labute approximate surface area is 120 Å². The van der Waals surface area contributed by atoms with Crippen molar-refractivity contribution in [2.24, 2.45) is 0 Å². The first-order chi connectivity index (χ1) is 9.58. The molecule has 2 atom stereocenters. The van der Waals surface area contributed by atoms with Gasteiger partial charge in [0.15, 0.2) is 0 Å². The maximum absolute atomic E-state index is 12.4. The summed E-state index contributed by atoms with van der Waals surface area (Å²) in [5.41, 5.74) is 1.98. The van der Waals surface area contributed by atoms with Crippen LogP contribution in [0, 0.1) is 0 Å². The number of hydrogen-bond acceptors (Lipinski definition) is 2. The Morgan fingerprint density at radius 2 is 2.00 bits per heavy atom. The highest BCUT2D eigenvalue weighted by atomic mass is 16.2. The second kappa shape index (κ2) is 6.07. The highest BCUT2D eigenvalue weighted by molar-refractivity contribution is 5.84. The summed E-state index contributed by atoms with van der Waals surface area (Å²) >= 11 is 0. The first-order valence-electron chi connectivity index (χ1n) is 7.34. The van der Waals surface area contributed by atoms with Crippen LogP contribution >= 0.6 is 0 Å². The third-order valence-electron chi connectivity index (χ3n) is 3.75. The van der Waals surface area contributed by atoms with E-state index in [-0.39, 0.29) is 18.0 Å². The van der Waals surface area contributed by atoms with Crippen LogP contribution in [0.3, 0.4) is 0 Å². The van der Waals surface area contributed by atoms with Gasteiger partial charge in [-0.3, -0.25) is 4.79 Å². The molecule has 0 aliphatic heterocycles. The summed E-state index contributed by atoms with van der Waals surface area (Å²) in [5.74, 6) is 1.01. The zero-order valence-corrected chi connectivity index (χ0v) is 12.7. The van der Waals surface area contributed by atoms with E-state index in [1.54, 1.807) is 0 Å². The molecule has 0 radical (unpaired) electrons. The number of amides is 1. The first-order valence-corrected chi connectivity index (χ1v) is 7.34. The van der Waals surface area contributed by atoms with Crippen LogP contribution in [0.25, 0.3) is 11.0 Å². The number of para-hydroxylation sites is 2. The molecule has 0 spiro atoms. The van der Waals surface area contributed by atoms with E-state index < -0.39 is 0 Å². The fourth-order valence-corrected chi connectivity index (χ4v) is 2.36. The van der Waals surface area contributed by atoms with E-state index in [4.69, 9.17) is 0 Å². The second-order valence-electron chi connectivity index (χ2n) is 5.23. The number of rotatable bonds is 5. The predicted molar refractivity (Wildman–Crippen MR) is 81.7 cm³/mol. The van der Waals surface area contributed by atoms with Crippen molar-refractivity contribution in [1.82, 2.24) is 14.9 Å². The Balaban J connectivity index is 2.38. The average molecular weight is 273 g/mol. The number of fused-ring (bicyclic) bond motifs is 1. The van der Waals surface area contributed by atoms with Crippen molar-refractivity contribution >= 4 is 16.9 Å². The van der Waals surface area contributed by atoms with E-state index in [0.29, 0.717) is 0 Å². The number of imidazole rings is 1. The monoisotopic (exact) mass is 273 g/mol. The van der Waals surface area contributed by atoms with Crippen LogP contribution in [0.2, 0.25) is 0 Å². The number of carbonyl (C=O) groups excluding carboxylic acids is 1. The molecule has 4 heteroatoms. The van der Waals surface area contributed by atoms with Gasteiger partial charge in [0.2, 0.25) is 5.91 Å². The third-order valence-corrected chi connectivity index (χ3v) is 3.75. The van der Waals surface area contributed by atoms with Gasteiger partial charge >= 0.3 is 0 Å². The Morgan fingerprint density at radius 1 is 1.30 bits per heavy atom. The van der Waals surface area contributed by atoms with Crippen molar-refractivity contribution < 1.29 is 4.79 Å². The molecule has 0 fully saturated rings. The fourth-order valence-electron chi connectivity index (χ4n) is 2.36. The molecular weight excluding hydrogens is 250 g/mol. The molecule has 0 saturated heterocycles. The minimum absolute atomic E-state index is 0.0530. The molecule has 0 aliphatic carbocycles. The number of hydrogen-bond donors (Lipinski definition) is 1. The van der Waals surface area contributed by atoms with E-state index in [1.807, 2.05) is 42.7 Å². The quantitative estimate of drug-likeness (QED) is 0.910. The van der Waals surface area contributed by atoms with E-state index in [1.165, 1.54) is 0 Å². The Bertz CT molecular complexity index is 603. The summed E-state index contributed by atoms with van der Waals surface area (Å²) in [6.45, 7) is 8.10. The molecule has 1 heterocycles. The number of aryl methyl sites for hydroxylation is 1. The minimum Gasteiger partial charge on any atom is -0.352 e. The second-order valence-corrected chi connectivity index (χ2v) is 5.23. The van der Waals surface area contributed by atoms with Gasteiger partial charge in [-0.15, -0.1) is 0 Å². The summed E-state index contributed by atoms with van der Waals surface area (Å²) in [6, 6.07) is 7.93. The Morgan fingerprint density at radius 3 is 2.65 bits per heavy atom. The van der Waals surface area contributed by atoms with Gasteiger partial charge < -0.3 is 9.88 Å². The number of aromatic nitrogens is 2. The van der Waals surface area contributed by atoms with Crippen LogP contribution in [-0.2, 0) is 11.2 Å². The Hall–Kier alpha value is -1.84. The highest BCUT2D eigenvalue weighted by Crippen LogP contribution is 2.21. The molecule has 4 nitrogen and oxygen atoms in total. The molecule has 1 aromatic carbocycles. The van der Waals surface area contributed by atoms with Gasteiger partial charge in [-0.2, -0.15) is 0 Å². The first kappa shape index (κ1) is 14.6. The standard InChI is InChI=1S/C16H23N3O/c1-5-11(3)17-16(20)12(4)19-14-10-8-7-9-13(14)18-15(19)6-2/h7-12H,5-6H2,1-4H3,(H,17,20). The number of nitrogens with one attached hydrogen (secondary N) is 1. The van der Waals surface area contributed by atoms with Crippen molar-refractivity contribution in [2.45, 2.75) is 52.6 Å². The predicted octanol–water partition coefficient (Wildman–Crippen LogP) is 3.07. The summed E-state index contributed by atoms with van der Waals surface area (Å²) < 4.78 is 2.05. The molecule has 1 N–H and O–H groups in total. The molecule has 20 heavy (non-hydrogen) atoms. The van der Waals surface area contributed by atoms with Crippen LogP contribution in [0.5, 0.6) is 0 Å². The lowest BCUT2D eigenvalue weighted by atomic mass is 10.2. The van der Waals surface area contributed by atoms with Crippen LogP contribution in [0.4, 0.5) is 0 Å². The van der Waals surface area contributed by atoms with Gasteiger partial charge in [0.05, 0.1) is 11.0 Å². The van der Waals surface area contributed by atoms with Gasteiger partial charge in [-0.05, 0) is 32.4 Å². The Kier molecular flexibility index (Phi) is 4.42. The van der Waals surface area contributed by atoms with Crippen LogP contribution in [0.1, 0.15) is 46.0 Å². The molecule has 0 aliphatic rings. The van der Waals surface area contributed by atoms with Crippen LogP contribution in [-0.4, -0.2) is 21.5 Å². The van der Waals surface area contributed by atoms with Gasteiger partial charge in [0, 0.05) is 12.5 Å². The maximum Gasteiger partial charge on any atom is 0.243 e. The molecule has 108 valence electrons. The molecule has 1 amide bonds. The summed E-state index contributed by atoms with van der Waals surface area (Å²) in [6.07, 6.45) is 1.75. The maximum atomic E-state index is 12.4. The number of carbonyl (C=O) groups is 1. The van der Waals surface area contributed by atoms with Gasteiger partial charge in [0.25, 0.3) is 0 Å². The average Bonchev–Trinajstić information content (AvgIpc) is 2.84. The molecule has 2 rings (SSSR count). The van der Waals surface area contributed by atoms with Crippen molar-refractivity contribution in [3.63, 3.8) is 0 Å². The molecule has 0 bridgehead atoms. The van der Waals surface area contributed by atoms with E-state index in [0.717, 1.165) is 29.7 Å². The van der Waals surface area contributed by atoms with Gasteiger partial charge in [-0.1, -0.05) is 26.0 Å². The van der Waals surface area contributed by atoms with Crippen molar-refractivity contribution in [3.8, 4) is 0 Å². The lowest BCUT2D eigenvalue weighted by Crippen LogP contribution is -2.37.